The Kier molecular flexibility index (Phi) is 5.24. The maximum atomic E-state index is 11.9. The van der Waals surface area contributed by atoms with Crippen LogP contribution in [-0.4, -0.2) is 22.5 Å². The molecule has 0 bridgehead atoms. The Morgan fingerprint density at radius 3 is 2.00 bits per heavy atom. The molecule has 2 N–H and O–H groups in total. The van der Waals surface area contributed by atoms with Gasteiger partial charge in [-0.1, -0.05) is 48.5 Å². The molecule has 0 amide bonds. The number of carbonyl (C=O) groups excluding carboxylic acids is 1. The van der Waals surface area contributed by atoms with Gasteiger partial charge in [-0.25, -0.2) is 9.78 Å². The Labute approximate surface area is 191 Å². The molecule has 0 saturated heterocycles. The van der Waals surface area contributed by atoms with Crippen LogP contribution in [0.2, 0.25) is 0 Å². The van der Waals surface area contributed by atoms with Crippen molar-refractivity contribution >= 4 is 34.5 Å². The molecule has 0 saturated carbocycles. The third-order valence-corrected chi connectivity index (χ3v) is 5.51. The normalized spacial score (nSPS) is 10.8. The average Bonchev–Trinajstić information content (AvgIpc) is 3.21. The van der Waals surface area contributed by atoms with Gasteiger partial charge in [0.25, 0.3) is 0 Å². The summed E-state index contributed by atoms with van der Waals surface area (Å²) < 4.78 is 6.56. The average molecular weight is 434 g/mol. The first kappa shape index (κ1) is 20.3. The van der Waals surface area contributed by atoms with Crippen molar-refractivity contribution in [2.45, 2.75) is 0 Å². The third-order valence-electron chi connectivity index (χ3n) is 5.51. The Morgan fingerprint density at radius 2 is 1.42 bits per heavy atom. The van der Waals surface area contributed by atoms with Gasteiger partial charge in [0.2, 0.25) is 0 Å². The SMILES string of the molecule is COC(=O)c1ccn2c(N)c(-c3ccc(N(c4ccccc4)c4ccccc4)cc3)nc2c1. The van der Waals surface area contributed by atoms with E-state index in [2.05, 4.69) is 46.3 Å². The van der Waals surface area contributed by atoms with Crippen LogP contribution in [0, 0.1) is 0 Å². The lowest BCUT2D eigenvalue weighted by Gasteiger charge is -2.25. The molecule has 162 valence electrons. The number of rotatable bonds is 5. The number of anilines is 4. The van der Waals surface area contributed by atoms with Gasteiger partial charge in [0, 0.05) is 28.8 Å². The number of benzene rings is 3. The van der Waals surface area contributed by atoms with E-state index >= 15 is 0 Å². The van der Waals surface area contributed by atoms with Crippen LogP contribution in [0.5, 0.6) is 0 Å². The first-order valence-electron chi connectivity index (χ1n) is 10.5. The van der Waals surface area contributed by atoms with E-state index in [1.54, 1.807) is 22.7 Å². The summed E-state index contributed by atoms with van der Waals surface area (Å²) in [6, 6.07) is 31.9. The van der Waals surface area contributed by atoms with E-state index in [9.17, 15) is 4.79 Å². The largest absolute Gasteiger partial charge is 0.465 e. The van der Waals surface area contributed by atoms with Gasteiger partial charge in [0.1, 0.15) is 17.2 Å². The van der Waals surface area contributed by atoms with Crippen molar-refractivity contribution < 1.29 is 9.53 Å². The predicted octanol–water partition coefficient (Wildman–Crippen LogP) is 5.84. The molecule has 0 aliphatic rings. The number of nitrogens with zero attached hydrogens (tertiary/aromatic N) is 3. The number of aromatic nitrogens is 2. The number of fused-ring (bicyclic) bond motifs is 1. The lowest BCUT2D eigenvalue weighted by molar-refractivity contribution is 0.0600. The number of pyridine rings is 1. The summed E-state index contributed by atoms with van der Waals surface area (Å²) in [6.45, 7) is 0. The zero-order valence-corrected chi connectivity index (χ0v) is 18.1. The molecule has 0 aliphatic carbocycles. The van der Waals surface area contributed by atoms with Gasteiger partial charge in [-0.05, 0) is 48.5 Å². The molecular formula is C27H22N4O2. The third kappa shape index (κ3) is 3.78. The molecule has 0 aliphatic heterocycles. The second kappa shape index (κ2) is 8.51. The van der Waals surface area contributed by atoms with Crippen LogP contribution in [0.15, 0.2) is 103 Å². The first-order chi connectivity index (χ1) is 16.2. The lowest BCUT2D eigenvalue weighted by atomic mass is 10.1. The summed E-state index contributed by atoms with van der Waals surface area (Å²) in [6.07, 6.45) is 1.73. The van der Waals surface area contributed by atoms with Crippen LogP contribution in [0.4, 0.5) is 22.9 Å². The van der Waals surface area contributed by atoms with Crippen molar-refractivity contribution in [1.29, 1.82) is 0 Å². The van der Waals surface area contributed by atoms with Crippen LogP contribution in [0.3, 0.4) is 0 Å². The van der Waals surface area contributed by atoms with Crippen LogP contribution in [0.1, 0.15) is 10.4 Å². The van der Waals surface area contributed by atoms with Crippen molar-refractivity contribution in [1.82, 2.24) is 9.38 Å². The minimum Gasteiger partial charge on any atom is -0.465 e. The molecular weight excluding hydrogens is 412 g/mol. The zero-order valence-electron chi connectivity index (χ0n) is 18.1. The van der Waals surface area contributed by atoms with Crippen molar-refractivity contribution in [2.24, 2.45) is 0 Å². The van der Waals surface area contributed by atoms with Gasteiger partial charge in [-0.15, -0.1) is 0 Å². The number of methoxy groups -OCH3 is 1. The summed E-state index contributed by atoms with van der Waals surface area (Å²) in [7, 11) is 1.35. The predicted molar refractivity (Wildman–Crippen MR) is 131 cm³/mol. The Balaban J connectivity index is 1.54. The quantitative estimate of drug-likeness (QED) is 0.352. The number of ether oxygens (including phenoxy) is 1. The second-order valence-corrected chi connectivity index (χ2v) is 7.53. The zero-order chi connectivity index (χ0) is 22.8. The molecule has 6 heteroatoms. The second-order valence-electron chi connectivity index (χ2n) is 7.53. The highest BCUT2D eigenvalue weighted by atomic mass is 16.5. The summed E-state index contributed by atoms with van der Waals surface area (Å²) >= 11 is 0. The molecule has 0 radical (unpaired) electrons. The molecule has 0 unspecified atom stereocenters. The van der Waals surface area contributed by atoms with E-state index in [4.69, 9.17) is 10.5 Å². The summed E-state index contributed by atoms with van der Waals surface area (Å²) in [5, 5.41) is 0. The van der Waals surface area contributed by atoms with Crippen LogP contribution in [-0.2, 0) is 4.74 Å². The maximum Gasteiger partial charge on any atom is 0.338 e. The van der Waals surface area contributed by atoms with Gasteiger partial charge in [-0.2, -0.15) is 0 Å². The van der Waals surface area contributed by atoms with E-state index in [1.165, 1.54) is 7.11 Å². The topological polar surface area (TPSA) is 72.9 Å². The molecule has 2 heterocycles. The van der Waals surface area contributed by atoms with Crippen LogP contribution >= 0.6 is 0 Å². The minimum atomic E-state index is -0.410. The van der Waals surface area contributed by atoms with E-state index in [0.29, 0.717) is 22.7 Å². The summed E-state index contributed by atoms with van der Waals surface area (Å²) in [4.78, 5) is 18.7. The Bertz CT molecular complexity index is 1370. The van der Waals surface area contributed by atoms with Crippen molar-refractivity contribution in [3.8, 4) is 11.3 Å². The number of hydrogen-bond acceptors (Lipinski definition) is 5. The van der Waals surface area contributed by atoms with Crippen molar-refractivity contribution in [3.05, 3.63) is 109 Å². The van der Waals surface area contributed by atoms with Gasteiger partial charge >= 0.3 is 5.97 Å². The number of esters is 1. The number of nitrogen functional groups attached to an aromatic ring is 1. The van der Waals surface area contributed by atoms with Gasteiger partial charge in [0.15, 0.2) is 0 Å². The maximum absolute atomic E-state index is 11.9. The van der Waals surface area contributed by atoms with E-state index in [-0.39, 0.29) is 0 Å². The fraction of sp³-hybridized carbons (Fsp3) is 0.0370. The number of imidazole rings is 1. The van der Waals surface area contributed by atoms with Crippen LogP contribution < -0.4 is 10.6 Å². The Morgan fingerprint density at radius 1 is 0.848 bits per heavy atom. The number of carbonyl (C=O) groups is 1. The van der Waals surface area contributed by atoms with Crippen molar-refractivity contribution in [2.75, 3.05) is 17.7 Å². The highest BCUT2D eigenvalue weighted by Gasteiger charge is 2.16. The number of nitrogens with two attached hydrogens (primary N) is 1. The van der Waals surface area contributed by atoms with Gasteiger partial charge < -0.3 is 15.4 Å². The molecule has 5 rings (SSSR count). The van der Waals surface area contributed by atoms with Crippen LogP contribution in [0.25, 0.3) is 16.9 Å². The number of para-hydroxylation sites is 2. The van der Waals surface area contributed by atoms with E-state index < -0.39 is 5.97 Å². The minimum absolute atomic E-state index is 0.410. The molecule has 6 nitrogen and oxygen atoms in total. The standard InChI is InChI=1S/C27H22N4O2/c1-33-27(32)20-16-17-30-24(18-20)29-25(26(30)28)19-12-14-23(15-13-19)31(21-8-4-2-5-9-21)22-10-6-3-7-11-22/h2-18H,28H2,1H3. The fourth-order valence-electron chi connectivity index (χ4n) is 3.89. The number of hydrogen-bond donors (Lipinski definition) is 1. The Hall–Kier alpha value is -4.58. The lowest BCUT2D eigenvalue weighted by Crippen LogP contribution is -2.09. The van der Waals surface area contributed by atoms with E-state index in [0.717, 1.165) is 22.6 Å². The molecule has 33 heavy (non-hydrogen) atoms. The van der Waals surface area contributed by atoms with Gasteiger partial charge in [0.05, 0.1) is 12.7 Å². The molecule has 0 atom stereocenters. The van der Waals surface area contributed by atoms with E-state index in [1.807, 2.05) is 48.5 Å². The first-order valence-corrected chi connectivity index (χ1v) is 10.5. The summed E-state index contributed by atoms with van der Waals surface area (Å²) in [5.41, 5.74) is 12.1. The fourth-order valence-corrected chi connectivity index (χ4v) is 3.89. The monoisotopic (exact) mass is 434 g/mol. The van der Waals surface area contributed by atoms with Crippen molar-refractivity contribution in [3.63, 3.8) is 0 Å². The molecule has 3 aromatic carbocycles. The molecule has 5 aromatic rings. The smallest absolute Gasteiger partial charge is 0.338 e. The molecule has 0 spiro atoms. The van der Waals surface area contributed by atoms with Gasteiger partial charge in [-0.3, -0.25) is 4.40 Å². The summed E-state index contributed by atoms with van der Waals surface area (Å²) in [5.74, 6) is 0.101. The highest BCUT2D eigenvalue weighted by Crippen LogP contribution is 2.36. The highest BCUT2D eigenvalue weighted by molar-refractivity contribution is 5.91. The molecule has 2 aromatic heterocycles. The molecule has 0 fully saturated rings.